The van der Waals surface area contributed by atoms with Crippen LogP contribution in [0.5, 0.6) is 0 Å². The Labute approximate surface area is 91.8 Å². The summed E-state index contributed by atoms with van der Waals surface area (Å²) in [5, 5.41) is 3.06. The summed E-state index contributed by atoms with van der Waals surface area (Å²) in [5.41, 5.74) is 6.20. The number of rotatable bonds is 4. The average molecular weight is 227 g/mol. The van der Waals surface area contributed by atoms with Crippen molar-refractivity contribution in [3.8, 4) is 0 Å². The van der Waals surface area contributed by atoms with Gasteiger partial charge in [-0.05, 0) is 18.0 Å². The topological polar surface area (TPSA) is 85.1 Å². The molecule has 0 radical (unpaired) electrons. The van der Waals surface area contributed by atoms with Gasteiger partial charge < -0.3 is 11.1 Å². The Bertz CT molecular complexity index is 387. The Hall–Kier alpha value is -1.43. The number of aryl methyl sites for hydroxylation is 1. The van der Waals surface area contributed by atoms with E-state index in [2.05, 4.69) is 9.69 Å². The summed E-state index contributed by atoms with van der Waals surface area (Å²) < 4.78 is 4.07. The summed E-state index contributed by atoms with van der Waals surface area (Å²) in [6.07, 6.45) is 0.980. The van der Waals surface area contributed by atoms with Crippen molar-refractivity contribution in [1.29, 1.82) is 0 Å². The molecule has 0 aliphatic rings. The molecule has 0 aliphatic carbocycles. The first-order valence-electron chi connectivity index (χ1n) is 4.68. The molecule has 0 aromatic carbocycles. The molecule has 0 spiro atoms. The van der Waals surface area contributed by atoms with E-state index < -0.39 is 5.91 Å². The van der Waals surface area contributed by atoms with E-state index in [9.17, 15) is 9.59 Å². The zero-order valence-corrected chi connectivity index (χ0v) is 9.48. The van der Waals surface area contributed by atoms with Crippen LogP contribution in [0.2, 0.25) is 0 Å². The van der Waals surface area contributed by atoms with E-state index in [4.69, 9.17) is 5.73 Å². The van der Waals surface area contributed by atoms with Crippen molar-refractivity contribution in [2.75, 3.05) is 5.32 Å². The molecule has 6 heteroatoms. The Morgan fingerprint density at radius 1 is 1.47 bits per heavy atom. The van der Waals surface area contributed by atoms with Crippen molar-refractivity contribution in [2.45, 2.75) is 26.7 Å². The Kier molecular flexibility index (Phi) is 3.79. The summed E-state index contributed by atoms with van der Waals surface area (Å²) in [6, 6.07) is 0. The molecule has 2 amide bonds. The number of nitrogens with zero attached hydrogens (tertiary/aromatic N) is 1. The molecule has 1 rings (SSSR count). The minimum absolute atomic E-state index is 0.149. The maximum atomic E-state index is 11.2. The molecule has 0 aliphatic heterocycles. The maximum absolute atomic E-state index is 11.2. The average Bonchev–Trinajstić information content (AvgIpc) is 2.60. The molecule has 0 fully saturated rings. The standard InChI is InChI=1S/C9H13N3O2S/c1-3-5-7(8(10)14)9(15-12-5)11-6(13)4-2/h3-4H2,1-2H3,(H2,10,14)(H,11,13). The quantitative estimate of drug-likeness (QED) is 0.809. The molecular weight excluding hydrogens is 214 g/mol. The van der Waals surface area contributed by atoms with Crippen LogP contribution in [0.25, 0.3) is 0 Å². The SMILES string of the molecule is CCC(=O)Nc1snc(CC)c1C(N)=O. The molecule has 0 saturated carbocycles. The summed E-state index contributed by atoms with van der Waals surface area (Å²) in [7, 11) is 0. The second kappa shape index (κ2) is 4.88. The van der Waals surface area contributed by atoms with Crippen LogP contribution < -0.4 is 11.1 Å². The van der Waals surface area contributed by atoms with Crippen LogP contribution in [0.3, 0.4) is 0 Å². The third kappa shape index (κ3) is 2.53. The van der Waals surface area contributed by atoms with Gasteiger partial charge in [0.05, 0.1) is 11.3 Å². The maximum Gasteiger partial charge on any atom is 0.253 e. The third-order valence-corrected chi connectivity index (χ3v) is 2.72. The first kappa shape index (κ1) is 11.6. The first-order valence-corrected chi connectivity index (χ1v) is 5.45. The summed E-state index contributed by atoms with van der Waals surface area (Å²) in [4.78, 5) is 22.3. The fourth-order valence-electron chi connectivity index (χ4n) is 1.12. The fraction of sp³-hybridized carbons (Fsp3) is 0.444. The van der Waals surface area contributed by atoms with Crippen LogP contribution in [-0.4, -0.2) is 16.2 Å². The first-order chi connectivity index (χ1) is 7.10. The van der Waals surface area contributed by atoms with Crippen LogP contribution in [0.1, 0.15) is 36.3 Å². The van der Waals surface area contributed by atoms with Crippen LogP contribution in [0.15, 0.2) is 0 Å². The molecule has 1 heterocycles. The minimum atomic E-state index is -0.549. The molecule has 0 saturated heterocycles. The Morgan fingerprint density at radius 3 is 2.60 bits per heavy atom. The van der Waals surface area contributed by atoms with Crippen molar-refractivity contribution in [1.82, 2.24) is 4.37 Å². The van der Waals surface area contributed by atoms with E-state index in [1.54, 1.807) is 6.92 Å². The molecule has 1 aromatic heterocycles. The van der Waals surface area contributed by atoms with E-state index >= 15 is 0 Å². The van der Waals surface area contributed by atoms with Gasteiger partial charge in [-0.3, -0.25) is 9.59 Å². The number of carbonyl (C=O) groups excluding carboxylic acids is 2. The third-order valence-electron chi connectivity index (χ3n) is 1.92. The summed E-state index contributed by atoms with van der Waals surface area (Å²) >= 11 is 1.09. The number of aromatic nitrogens is 1. The predicted molar refractivity (Wildman–Crippen MR) is 58.9 cm³/mol. The summed E-state index contributed by atoms with van der Waals surface area (Å²) in [6.45, 7) is 3.62. The number of hydrogen-bond acceptors (Lipinski definition) is 4. The highest BCUT2D eigenvalue weighted by atomic mass is 32.1. The molecule has 1 aromatic rings. The second-order valence-electron chi connectivity index (χ2n) is 2.95. The highest BCUT2D eigenvalue weighted by Crippen LogP contribution is 2.24. The number of anilines is 1. The molecule has 0 unspecified atom stereocenters. The summed E-state index contributed by atoms with van der Waals surface area (Å²) in [5.74, 6) is -0.698. The second-order valence-corrected chi connectivity index (χ2v) is 3.73. The van der Waals surface area contributed by atoms with Gasteiger partial charge in [0.1, 0.15) is 5.00 Å². The molecule has 15 heavy (non-hydrogen) atoms. The zero-order valence-electron chi connectivity index (χ0n) is 8.66. The van der Waals surface area contributed by atoms with Crippen molar-refractivity contribution in [2.24, 2.45) is 5.73 Å². The van der Waals surface area contributed by atoms with Gasteiger partial charge >= 0.3 is 0 Å². The van der Waals surface area contributed by atoms with Crippen molar-refractivity contribution in [3.63, 3.8) is 0 Å². The number of nitrogens with one attached hydrogen (secondary N) is 1. The number of amides is 2. The van der Waals surface area contributed by atoms with Crippen molar-refractivity contribution >= 4 is 28.3 Å². The van der Waals surface area contributed by atoms with E-state index in [1.165, 1.54) is 0 Å². The normalized spacial score (nSPS) is 10.0. The van der Waals surface area contributed by atoms with E-state index in [0.717, 1.165) is 11.5 Å². The Morgan fingerprint density at radius 2 is 2.13 bits per heavy atom. The molecular formula is C9H13N3O2S. The largest absolute Gasteiger partial charge is 0.365 e. The van der Waals surface area contributed by atoms with Gasteiger partial charge in [-0.25, -0.2) is 0 Å². The Balaban J connectivity index is 3.02. The predicted octanol–water partition coefficient (Wildman–Crippen LogP) is 1.15. The molecule has 3 N–H and O–H groups in total. The number of primary amides is 1. The smallest absolute Gasteiger partial charge is 0.253 e. The minimum Gasteiger partial charge on any atom is -0.365 e. The lowest BCUT2D eigenvalue weighted by molar-refractivity contribution is -0.115. The van der Waals surface area contributed by atoms with Crippen LogP contribution in [0, 0.1) is 0 Å². The van der Waals surface area contributed by atoms with Crippen LogP contribution >= 0.6 is 11.5 Å². The van der Waals surface area contributed by atoms with Gasteiger partial charge in [0.15, 0.2) is 0 Å². The lowest BCUT2D eigenvalue weighted by Gasteiger charge is -2.01. The number of carbonyl (C=O) groups is 2. The lowest BCUT2D eigenvalue weighted by Crippen LogP contribution is -2.17. The van der Waals surface area contributed by atoms with Gasteiger partial charge in [-0.1, -0.05) is 13.8 Å². The van der Waals surface area contributed by atoms with E-state index in [1.807, 2.05) is 6.92 Å². The highest BCUT2D eigenvalue weighted by Gasteiger charge is 2.18. The monoisotopic (exact) mass is 227 g/mol. The van der Waals surface area contributed by atoms with Gasteiger partial charge in [0.25, 0.3) is 5.91 Å². The van der Waals surface area contributed by atoms with Crippen molar-refractivity contribution in [3.05, 3.63) is 11.3 Å². The van der Waals surface area contributed by atoms with Gasteiger partial charge in [0.2, 0.25) is 5.91 Å². The fourth-order valence-corrected chi connectivity index (χ4v) is 2.01. The van der Waals surface area contributed by atoms with E-state index in [0.29, 0.717) is 29.1 Å². The van der Waals surface area contributed by atoms with Gasteiger partial charge in [0, 0.05) is 6.42 Å². The van der Waals surface area contributed by atoms with Gasteiger partial charge in [-0.2, -0.15) is 4.37 Å². The molecule has 82 valence electrons. The highest BCUT2D eigenvalue weighted by molar-refractivity contribution is 7.11. The van der Waals surface area contributed by atoms with Crippen LogP contribution in [-0.2, 0) is 11.2 Å². The van der Waals surface area contributed by atoms with E-state index in [-0.39, 0.29) is 5.91 Å². The lowest BCUT2D eigenvalue weighted by atomic mass is 10.2. The zero-order chi connectivity index (χ0) is 11.4. The molecule has 0 bridgehead atoms. The van der Waals surface area contributed by atoms with Gasteiger partial charge in [-0.15, -0.1) is 0 Å². The molecule has 0 atom stereocenters. The number of hydrogen-bond donors (Lipinski definition) is 2. The molecule has 5 nitrogen and oxygen atoms in total. The van der Waals surface area contributed by atoms with Crippen molar-refractivity contribution < 1.29 is 9.59 Å². The van der Waals surface area contributed by atoms with Crippen LogP contribution in [0.4, 0.5) is 5.00 Å². The number of nitrogens with two attached hydrogens (primary N) is 1.